The number of nitrogens with zero attached hydrogens (tertiary/aromatic N) is 5. The molecule has 0 bridgehead atoms. The first-order valence-electron chi connectivity index (χ1n) is 10.8. The Bertz CT molecular complexity index is 1120. The van der Waals surface area contributed by atoms with E-state index in [9.17, 15) is 23.2 Å². The van der Waals surface area contributed by atoms with Crippen LogP contribution < -0.4 is 4.90 Å². The molecule has 1 saturated heterocycles. The van der Waals surface area contributed by atoms with Crippen molar-refractivity contribution in [2.24, 2.45) is 0 Å². The summed E-state index contributed by atoms with van der Waals surface area (Å²) in [5.41, 5.74) is 3.83. The molecule has 0 radical (unpaired) electrons. The van der Waals surface area contributed by atoms with Gasteiger partial charge in [-0.1, -0.05) is 6.58 Å². The molecule has 0 aromatic carbocycles. The van der Waals surface area contributed by atoms with Crippen molar-refractivity contribution in [3.63, 3.8) is 0 Å². The van der Waals surface area contributed by atoms with Crippen LogP contribution in [0.25, 0.3) is 17.2 Å². The summed E-state index contributed by atoms with van der Waals surface area (Å²) < 4.78 is 38.0. The summed E-state index contributed by atoms with van der Waals surface area (Å²) in [6, 6.07) is 7.42. The summed E-state index contributed by atoms with van der Waals surface area (Å²) >= 11 is 0. The Morgan fingerprint density at radius 2 is 2.09 bits per heavy atom. The fraction of sp³-hybridized carbons (Fsp3) is 0.417. The third-order valence-corrected chi connectivity index (χ3v) is 6.02. The SMILES string of the molecule is C=Cc1cc(-c2cc(C#N)c(N3CCN(C(=O)CC(F)(F)F)[C@H](C)C3)nc2C2CC2)ccn1. The molecule has 3 heterocycles. The third-order valence-electron chi connectivity index (χ3n) is 6.02. The van der Waals surface area contributed by atoms with Crippen LogP contribution in [-0.2, 0) is 4.79 Å². The molecule has 1 saturated carbocycles. The summed E-state index contributed by atoms with van der Waals surface area (Å²) in [6.07, 6.45) is -0.604. The number of amides is 1. The van der Waals surface area contributed by atoms with Gasteiger partial charge >= 0.3 is 6.18 Å². The van der Waals surface area contributed by atoms with Crippen molar-refractivity contribution >= 4 is 17.8 Å². The van der Waals surface area contributed by atoms with Crippen LogP contribution in [0.1, 0.15) is 49.1 Å². The zero-order valence-electron chi connectivity index (χ0n) is 18.3. The van der Waals surface area contributed by atoms with Gasteiger partial charge in [0.05, 0.1) is 17.0 Å². The lowest BCUT2D eigenvalue weighted by Gasteiger charge is -2.41. The molecule has 1 atom stereocenters. The van der Waals surface area contributed by atoms with Crippen LogP contribution in [0.5, 0.6) is 0 Å². The van der Waals surface area contributed by atoms with Gasteiger partial charge in [0.2, 0.25) is 5.91 Å². The van der Waals surface area contributed by atoms with Crippen molar-refractivity contribution in [2.45, 2.75) is 44.3 Å². The van der Waals surface area contributed by atoms with E-state index in [-0.39, 0.29) is 6.54 Å². The Kier molecular flexibility index (Phi) is 6.11. The number of nitriles is 1. The lowest BCUT2D eigenvalue weighted by molar-refractivity contribution is -0.163. The molecule has 1 aliphatic carbocycles. The van der Waals surface area contributed by atoms with E-state index < -0.39 is 24.5 Å². The zero-order valence-corrected chi connectivity index (χ0v) is 18.3. The van der Waals surface area contributed by atoms with E-state index in [2.05, 4.69) is 17.6 Å². The molecule has 172 valence electrons. The van der Waals surface area contributed by atoms with Gasteiger partial charge in [-0.25, -0.2) is 4.98 Å². The lowest BCUT2D eigenvalue weighted by Crippen LogP contribution is -2.55. The molecular formula is C24H24F3N5O. The summed E-state index contributed by atoms with van der Waals surface area (Å²) in [6.45, 7) is 6.25. The second kappa shape index (κ2) is 8.85. The summed E-state index contributed by atoms with van der Waals surface area (Å²) in [7, 11) is 0. The van der Waals surface area contributed by atoms with Crippen molar-refractivity contribution in [1.82, 2.24) is 14.9 Å². The molecule has 2 aromatic heterocycles. The summed E-state index contributed by atoms with van der Waals surface area (Å²) in [4.78, 5) is 24.4. The average Bonchev–Trinajstić information content (AvgIpc) is 3.62. The highest BCUT2D eigenvalue weighted by atomic mass is 19.4. The van der Waals surface area contributed by atoms with Gasteiger partial charge in [0.25, 0.3) is 0 Å². The van der Waals surface area contributed by atoms with E-state index in [4.69, 9.17) is 4.98 Å². The van der Waals surface area contributed by atoms with Crippen LogP contribution in [0.4, 0.5) is 19.0 Å². The molecule has 2 fully saturated rings. The number of halogens is 3. The topological polar surface area (TPSA) is 73.1 Å². The predicted molar refractivity (Wildman–Crippen MR) is 118 cm³/mol. The van der Waals surface area contributed by atoms with Crippen LogP contribution in [0.15, 0.2) is 31.0 Å². The maximum Gasteiger partial charge on any atom is 0.397 e. The van der Waals surface area contributed by atoms with Crippen molar-refractivity contribution in [3.05, 3.63) is 47.9 Å². The molecule has 1 aliphatic heterocycles. The van der Waals surface area contributed by atoms with E-state index in [1.54, 1.807) is 19.2 Å². The fourth-order valence-electron chi connectivity index (χ4n) is 4.26. The molecule has 0 unspecified atom stereocenters. The van der Waals surface area contributed by atoms with E-state index in [0.717, 1.165) is 35.4 Å². The first-order chi connectivity index (χ1) is 15.7. The Morgan fingerprint density at radius 1 is 1.33 bits per heavy atom. The lowest BCUT2D eigenvalue weighted by atomic mass is 9.99. The van der Waals surface area contributed by atoms with Gasteiger partial charge in [-0.05, 0) is 49.6 Å². The van der Waals surface area contributed by atoms with Crippen molar-refractivity contribution in [1.29, 1.82) is 5.26 Å². The van der Waals surface area contributed by atoms with Crippen LogP contribution in [-0.4, -0.2) is 52.6 Å². The van der Waals surface area contributed by atoms with Crippen molar-refractivity contribution in [3.8, 4) is 17.2 Å². The van der Waals surface area contributed by atoms with Crippen molar-refractivity contribution in [2.75, 3.05) is 24.5 Å². The minimum absolute atomic E-state index is 0.149. The molecule has 9 heteroatoms. The van der Waals surface area contributed by atoms with Gasteiger partial charge in [0.1, 0.15) is 18.3 Å². The number of hydrogen-bond donors (Lipinski definition) is 0. The van der Waals surface area contributed by atoms with Crippen LogP contribution in [0.2, 0.25) is 0 Å². The molecule has 2 aromatic rings. The van der Waals surface area contributed by atoms with Crippen LogP contribution in [0.3, 0.4) is 0 Å². The number of piperazine rings is 1. The highest BCUT2D eigenvalue weighted by Gasteiger charge is 2.37. The number of rotatable bonds is 5. The average molecular weight is 455 g/mol. The fourth-order valence-corrected chi connectivity index (χ4v) is 4.26. The molecular weight excluding hydrogens is 431 g/mol. The van der Waals surface area contributed by atoms with Crippen LogP contribution in [0, 0.1) is 11.3 Å². The number of carbonyl (C=O) groups is 1. The second-order valence-electron chi connectivity index (χ2n) is 8.53. The number of anilines is 1. The van der Waals surface area contributed by atoms with E-state index in [1.807, 2.05) is 23.1 Å². The largest absolute Gasteiger partial charge is 0.397 e. The molecule has 4 rings (SSSR count). The summed E-state index contributed by atoms with van der Waals surface area (Å²) in [5, 5.41) is 9.87. The smallest absolute Gasteiger partial charge is 0.352 e. The first-order valence-corrected chi connectivity index (χ1v) is 10.8. The number of alkyl halides is 3. The zero-order chi connectivity index (χ0) is 23.8. The first kappa shape index (κ1) is 22.8. The van der Waals surface area contributed by atoms with E-state index in [1.165, 1.54) is 4.90 Å². The predicted octanol–water partition coefficient (Wildman–Crippen LogP) is 4.53. The maximum atomic E-state index is 12.7. The summed E-state index contributed by atoms with van der Waals surface area (Å²) in [5.74, 6) is -0.0947. The van der Waals surface area contributed by atoms with Crippen LogP contribution >= 0.6 is 0 Å². The Hall–Kier alpha value is -3.41. The molecule has 0 N–H and O–H groups in total. The molecule has 2 aliphatic rings. The Balaban J connectivity index is 1.64. The van der Waals surface area contributed by atoms with Gasteiger partial charge < -0.3 is 9.80 Å². The van der Waals surface area contributed by atoms with E-state index in [0.29, 0.717) is 30.4 Å². The number of carbonyl (C=O) groups excluding carboxylic acids is 1. The maximum absolute atomic E-state index is 12.7. The second-order valence-corrected chi connectivity index (χ2v) is 8.53. The standard InChI is InChI=1S/C24H24F3N5O/c1-3-19-10-17(6-7-29-19)20-11-18(13-28)23(30-22(20)16-4-5-16)31-8-9-32(15(2)14-31)21(33)12-24(25,26)27/h3,6-7,10-11,15-16H,1,4-5,8-9,12,14H2,2H3/t15-/m1/s1. The Morgan fingerprint density at radius 3 is 2.70 bits per heavy atom. The monoisotopic (exact) mass is 455 g/mol. The minimum Gasteiger partial charge on any atom is -0.352 e. The van der Waals surface area contributed by atoms with Gasteiger partial charge in [-0.3, -0.25) is 9.78 Å². The molecule has 33 heavy (non-hydrogen) atoms. The van der Waals surface area contributed by atoms with Gasteiger partial charge in [0, 0.05) is 43.4 Å². The van der Waals surface area contributed by atoms with E-state index >= 15 is 0 Å². The quantitative estimate of drug-likeness (QED) is 0.663. The van der Waals surface area contributed by atoms with Gasteiger partial charge in [-0.15, -0.1) is 0 Å². The van der Waals surface area contributed by atoms with Gasteiger partial charge in [-0.2, -0.15) is 18.4 Å². The number of pyridine rings is 2. The minimum atomic E-state index is -4.53. The third kappa shape index (κ3) is 5.00. The number of aromatic nitrogens is 2. The number of hydrogen-bond acceptors (Lipinski definition) is 5. The van der Waals surface area contributed by atoms with Gasteiger partial charge in [0.15, 0.2) is 0 Å². The highest BCUT2D eigenvalue weighted by Crippen LogP contribution is 2.45. The molecule has 0 spiro atoms. The normalized spacial score (nSPS) is 18.7. The van der Waals surface area contributed by atoms with Crippen molar-refractivity contribution < 1.29 is 18.0 Å². The highest BCUT2D eigenvalue weighted by molar-refractivity contribution is 5.78. The Labute approximate surface area is 190 Å². The molecule has 6 nitrogen and oxygen atoms in total. The molecule has 1 amide bonds.